The van der Waals surface area contributed by atoms with Crippen LogP contribution < -0.4 is 0 Å². The molecule has 0 N–H and O–H groups in total. The van der Waals surface area contributed by atoms with E-state index in [1.165, 1.54) is 29.5 Å². The van der Waals surface area contributed by atoms with E-state index in [0.717, 1.165) is 19.4 Å². The average Bonchev–Trinajstić information content (AvgIpc) is 3.02. The normalized spacial score (nSPS) is 19.6. The topological polar surface area (TPSA) is 9.23 Å². The third-order valence-electron chi connectivity index (χ3n) is 4.09. The summed E-state index contributed by atoms with van der Waals surface area (Å²) in [6, 6.07) is 19.6. The van der Waals surface area contributed by atoms with Crippen LogP contribution in [0.1, 0.15) is 40.8 Å². The fourth-order valence-electron chi connectivity index (χ4n) is 2.87. The molecule has 21 heavy (non-hydrogen) atoms. The molecule has 1 nitrogen and oxygen atoms in total. The van der Waals surface area contributed by atoms with Crippen LogP contribution in [0.25, 0.3) is 0 Å². The predicted octanol–water partition coefficient (Wildman–Crippen LogP) is 5.28. The van der Waals surface area contributed by atoms with Crippen molar-refractivity contribution in [1.29, 1.82) is 0 Å². The number of alkyl halides is 1. The largest absolute Gasteiger partial charge is 0.378 e. The summed E-state index contributed by atoms with van der Waals surface area (Å²) in [5, 5.41) is 0. The van der Waals surface area contributed by atoms with Crippen LogP contribution in [0.2, 0.25) is 0 Å². The molecule has 1 heterocycles. The zero-order chi connectivity index (χ0) is 14.5. The first-order chi connectivity index (χ1) is 10.3. The van der Waals surface area contributed by atoms with Gasteiger partial charge < -0.3 is 4.74 Å². The summed E-state index contributed by atoms with van der Waals surface area (Å²) in [6.45, 7) is 0.931. The van der Waals surface area contributed by atoms with E-state index in [0.29, 0.717) is 10.9 Å². The minimum atomic E-state index is 0.395. The number of hydrogen-bond acceptors (Lipinski definition) is 1. The van der Waals surface area contributed by atoms with Gasteiger partial charge in [-0.3, -0.25) is 0 Å². The molecule has 0 saturated carbocycles. The number of hydrogen-bond donors (Lipinski definition) is 0. The first-order valence-corrected chi connectivity index (χ1v) is 8.61. The van der Waals surface area contributed by atoms with Gasteiger partial charge in [0.1, 0.15) is 0 Å². The molecule has 0 amide bonds. The maximum Gasteiger partial charge on any atom is 0.0589 e. The Morgan fingerprint density at radius 3 is 2.38 bits per heavy atom. The highest BCUT2D eigenvalue weighted by atomic mass is 79.9. The van der Waals surface area contributed by atoms with E-state index in [1.54, 1.807) is 0 Å². The van der Waals surface area contributed by atoms with E-state index in [2.05, 4.69) is 70.5 Å². The van der Waals surface area contributed by atoms with Gasteiger partial charge in [0, 0.05) is 11.4 Å². The Balaban J connectivity index is 1.60. The Bertz CT molecular complexity index is 544. The molecule has 2 unspecified atom stereocenters. The fourth-order valence-corrected chi connectivity index (χ4v) is 3.60. The van der Waals surface area contributed by atoms with Gasteiger partial charge in [-0.15, -0.1) is 0 Å². The maximum absolute atomic E-state index is 5.72. The van der Waals surface area contributed by atoms with Crippen LogP contribution in [-0.2, 0) is 11.2 Å². The Morgan fingerprint density at radius 2 is 1.71 bits per heavy atom. The molecule has 1 aliphatic rings. The molecule has 1 aliphatic heterocycles. The minimum Gasteiger partial charge on any atom is -0.378 e. The first kappa shape index (κ1) is 14.8. The zero-order valence-electron chi connectivity index (χ0n) is 12.2. The maximum atomic E-state index is 5.72. The van der Waals surface area contributed by atoms with Crippen LogP contribution in [0.5, 0.6) is 0 Å². The van der Waals surface area contributed by atoms with Crippen LogP contribution in [0.4, 0.5) is 0 Å². The van der Waals surface area contributed by atoms with Crippen molar-refractivity contribution in [1.82, 2.24) is 0 Å². The molecule has 0 radical (unpaired) electrons. The molecule has 0 bridgehead atoms. The summed E-state index contributed by atoms with van der Waals surface area (Å²) in [4.78, 5) is 0.395. The Labute approximate surface area is 135 Å². The summed E-state index contributed by atoms with van der Waals surface area (Å²) >= 11 is 3.81. The van der Waals surface area contributed by atoms with Gasteiger partial charge in [0.15, 0.2) is 0 Å². The van der Waals surface area contributed by atoms with Crippen LogP contribution in [0.3, 0.4) is 0 Å². The molecule has 2 aromatic rings. The molecule has 2 aromatic carbocycles. The van der Waals surface area contributed by atoms with Gasteiger partial charge in [-0.2, -0.15) is 0 Å². The van der Waals surface area contributed by atoms with Gasteiger partial charge in [-0.25, -0.2) is 0 Å². The van der Waals surface area contributed by atoms with Gasteiger partial charge in [-0.1, -0.05) is 70.5 Å². The second kappa shape index (κ2) is 7.24. The van der Waals surface area contributed by atoms with E-state index in [1.807, 2.05) is 0 Å². The monoisotopic (exact) mass is 344 g/mol. The molecule has 1 fully saturated rings. The van der Waals surface area contributed by atoms with Crippen LogP contribution in [0.15, 0.2) is 54.6 Å². The lowest BCUT2D eigenvalue weighted by Crippen LogP contribution is -2.08. The third kappa shape index (κ3) is 4.18. The molecule has 0 aromatic heterocycles. The number of rotatable bonds is 5. The smallest absolute Gasteiger partial charge is 0.0589 e. The highest BCUT2D eigenvalue weighted by molar-refractivity contribution is 9.09. The van der Waals surface area contributed by atoms with Crippen molar-refractivity contribution in [2.75, 3.05) is 6.61 Å². The van der Waals surface area contributed by atoms with Crippen LogP contribution in [-0.4, -0.2) is 12.7 Å². The molecule has 0 spiro atoms. The number of ether oxygens (including phenoxy) is 1. The lowest BCUT2D eigenvalue weighted by Gasteiger charge is -2.15. The van der Waals surface area contributed by atoms with E-state index in [9.17, 15) is 0 Å². The number of benzene rings is 2. The molecule has 2 heteroatoms. The lowest BCUT2D eigenvalue weighted by atomic mass is 10.0. The minimum absolute atomic E-state index is 0.395. The van der Waals surface area contributed by atoms with Gasteiger partial charge in [0.05, 0.1) is 6.10 Å². The molecular formula is C19H21BrO. The fraction of sp³-hybridized carbons (Fsp3) is 0.368. The van der Waals surface area contributed by atoms with Gasteiger partial charge >= 0.3 is 0 Å². The molecule has 110 valence electrons. The van der Waals surface area contributed by atoms with E-state index in [-0.39, 0.29) is 0 Å². The first-order valence-electron chi connectivity index (χ1n) is 7.70. The molecule has 2 atom stereocenters. The number of halogens is 1. The predicted molar refractivity (Wildman–Crippen MR) is 90.9 cm³/mol. The van der Waals surface area contributed by atoms with Crippen molar-refractivity contribution in [2.24, 2.45) is 0 Å². The quantitative estimate of drug-likeness (QED) is 0.670. The Hall–Kier alpha value is -1.12. The van der Waals surface area contributed by atoms with Crippen molar-refractivity contribution in [3.05, 3.63) is 71.3 Å². The van der Waals surface area contributed by atoms with Gasteiger partial charge in [0.25, 0.3) is 0 Å². The molecular weight excluding hydrogens is 324 g/mol. The van der Waals surface area contributed by atoms with Crippen molar-refractivity contribution >= 4 is 15.9 Å². The summed E-state index contributed by atoms with van der Waals surface area (Å²) < 4.78 is 5.72. The summed E-state index contributed by atoms with van der Waals surface area (Å²) in [5.41, 5.74) is 4.07. The SMILES string of the molecule is BrC(CC1CCCO1)c1ccc(Cc2ccccc2)cc1. The highest BCUT2D eigenvalue weighted by Crippen LogP contribution is 2.32. The van der Waals surface area contributed by atoms with Crippen LogP contribution in [0, 0.1) is 0 Å². The van der Waals surface area contributed by atoms with E-state index >= 15 is 0 Å². The van der Waals surface area contributed by atoms with Gasteiger partial charge in [-0.05, 0) is 42.4 Å². The van der Waals surface area contributed by atoms with Crippen molar-refractivity contribution in [3.8, 4) is 0 Å². The van der Waals surface area contributed by atoms with E-state index in [4.69, 9.17) is 4.74 Å². The summed E-state index contributed by atoms with van der Waals surface area (Å²) in [6.07, 6.45) is 4.91. The van der Waals surface area contributed by atoms with Crippen molar-refractivity contribution in [2.45, 2.75) is 36.6 Å². The standard InChI is InChI=1S/C19H21BrO/c20-19(14-18-7-4-12-21-18)17-10-8-16(9-11-17)13-15-5-2-1-3-6-15/h1-3,5-6,8-11,18-19H,4,7,12-14H2. The average molecular weight is 345 g/mol. The summed E-state index contributed by atoms with van der Waals surface area (Å²) in [7, 11) is 0. The Morgan fingerprint density at radius 1 is 1.00 bits per heavy atom. The second-order valence-electron chi connectivity index (χ2n) is 5.74. The highest BCUT2D eigenvalue weighted by Gasteiger charge is 2.20. The van der Waals surface area contributed by atoms with Crippen molar-refractivity contribution in [3.63, 3.8) is 0 Å². The third-order valence-corrected chi connectivity index (χ3v) is 4.99. The molecule has 3 rings (SSSR count). The summed E-state index contributed by atoms with van der Waals surface area (Å²) in [5.74, 6) is 0. The molecule has 0 aliphatic carbocycles. The van der Waals surface area contributed by atoms with Crippen LogP contribution >= 0.6 is 15.9 Å². The second-order valence-corrected chi connectivity index (χ2v) is 6.85. The molecule has 1 saturated heterocycles. The Kier molecular flexibility index (Phi) is 5.10. The van der Waals surface area contributed by atoms with Gasteiger partial charge in [0.2, 0.25) is 0 Å². The lowest BCUT2D eigenvalue weighted by molar-refractivity contribution is 0.104. The van der Waals surface area contributed by atoms with E-state index < -0.39 is 0 Å². The van der Waals surface area contributed by atoms with Crippen molar-refractivity contribution < 1.29 is 4.74 Å². The zero-order valence-corrected chi connectivity index (χ0v) is 13.8.